The Morgan fingerprint density at radius 2 is 2.06 bits per heavy atom. The van der Waals surface area contributed by atoms with E-state index in [1.807, 2.05) is 0 Å². The maximum Gasteiger partial charge on any atom is 0.332 e. The first-order valence-electron chi connectivity index (χ1n) is 6.78. The Morgan fingerprint density at radius 1 is 1.35 bits per heavy atom. The first-order chi connectivity index (χ1) is 8.16. The fourth-order valence-corrected chi connectivity index (χ4v) is 2.98. The van der Waals surface area contributed by atoms with Crippen molar-refractivity contribution in [3.05, 3.63) is 0 Å². The van der Waals surface area contributed by atoms with Crippen molar-refractivity contribution < 1.29 is 14.6 Å². The third kappa shape index (κ3) is 3.42. The predicted molar refractivity (Wildman–Crippen MR) is 65.0 cm³/mol. The van der Waals surface area contributed by atoms with Crippen molar-refractivity contribution in [3.63, 3.8) is 0 Å². The number of ether oxygens (including phenoxy) is 1. The number of nitrogens with one attached hydrogen (secondary N) is 1. The SMILES string of the molecule is CC(NCC1CCC(C(=O)O)O1)C1CCCC1. The van der Waals surface area contributed by atoms with Crippen molar-refractivity contribution in [2.75, 3.05) is 6.54 Å². The first kappa shape index (κ1) is 12.8. The van der Waals surface area contributed by atoms with E-state index in [9.17, 15) is 4.79 Å². The molecule has 1 saturated carbocycles. The molecule has 1 aliphatic carbocycles. The van der Waals surface area contributed by atoms with Crippen LogP contribution in [0.3, 0.4) is 0 Å². The van der Waals surface area contributed by atoms with E-state index >= 15 is 0 Å². The highest BCUT2D eigenvalue weighted by molar-refractivity contribution is 5.72. The summed E-state index contributed by atoms with van der Waals surface area (Å²) in [6.07, 6.45) is 6.40. The van der Waals surface area contributed by atoms with E-state index in [0.717, 1.165) is 18.9 Å². The van der Waals surface area contributed by atoms with Crippen molar-refractivity contribution >= 4 is 5.97 Å². The van der Waals surface area contributed by atoms with Gasteiger partial charge in [0.25, 0.3) is 0 Å². The molecule has 0 spiro atoms. The van der Waals surface area contributed by atoms with Gasteiger partial charge in [0.1, 0.15) is 0 Å². The van der Waals surface area contributed by atoms with Crippen molar-refractivity contribution in [3.8, 4) is 0 Å². The number of carboxylic acid groups (broad SMARTS) is 1. The molecule has 0 aromatic rings. The van der Waals surface area contributed by atoms with E-state index in [-0.39, 0.29) is 6.10 Å². The number of hydrogen-bond donors (Lipinski definition) is 2. The zero-order valence-corrected chi connectivity index (χ0v) is 10.5. The second-order valence-electron chi connectivity index (χ2n) is 5.40. The molecule has 4 nitrogen and oxygen atoms in total. The molecule has 3 atom stereocenters. The lowest BCUT2D eigenvalue weighted by Gasteiger charge is -2.22. The minimum absolute atomic E-state index is 0.0833. The molecule has 1 heterocycles. The summed E-state index contributed by atoms with van der Waals surface area (Å²) in [5, 5.41) is 12.3. The quantitative estimate of drug-likeness (QED) is 0.770. The summed E-state index contributed by atoms with van der Waals surface area (Å²) >= 11 is 0. The van der Waals surface area contributed by atoms with Crippen LogP contribution < -0.4 is 5.32 Å². The molecule has 3 unspecified atom stereocenters. The topological polar surface area (TPSA) is 58.6 Å². The van der Waals surface area contributed by atoms with Crippen molar-refractivity contribution in [2.45, 2.75) is 63.7 Å². The first-order valence-corrected chi connectivity index (χ1v) is 6.78. The van der Waals surface area contributed by atoms with Gasteiger partial charge in [0.15, 0.2) is 6.10 Å². The molecule has 2 rings (SSSR count). The van der Waals surface area contributed by atoms with E-state index in [2.05, 4.69) is 12.2 Å². The summed E-state index contributed by atoms with van der Waals surface area (Å²) in [4.78, 5) is 10.7. The summed E-state index contributed by atoms with van der Waals surface area (Å²) in [5.41, 5.74) is 0. The molecule has 1 saturated heterocycles. The van der Waals surface area contributed by atoms with Crippen LogP contribution in [0.1, 0.15) is 45.4 Å². The van der Waals surface area contributed by atoms with E-state index in [0.29, 0.717) is 12.5 Å². The lowest BCUT2D eigenvalue weighted by molar-refractivity contribution is -0.149. The normalized spacial score (nSPS) is 31.8. The van der Waals surface area contributed by atoms with E-state index in [4.69, 9.17) is 9.84 Å². The summed E-state index contributed by atoms with van der Waals surface area (Å²) in [5.74, 6) is -0.0250. The summed E-state index contributed by atoms with van der Waals surface area (Å²) in [6, 6.07) is 0.532. The monoisotopic (exact) mass is 241 g/mol. The number of rotatable bonds is 5. The average Bonchev–Trinajstić information content (AvgIpc) is 2.97. The Bertz CT molecular complexity index is 263. The molecule has 4 heteroatoms. The molecule has 17 heavy (non-hydrogen) atoms. The fourth-order valence-electron chi connectivity index (χ4n) is 2.98. The van der Waals surface area contributed by atoms with Crippen LogP contribution in [0.5, 0.6) is 0 Å². The number of carboxylic acids is 1. The van der Waals surface area contributed by atoms with Gasteiger partial charge in [-0.2, -0.15) is 0 Å². The minimum atomic E-state index is -0.823. The highest BCUT2D eigenvalue weighted by Crippen LogP contribution is 2.27. The number of carbonyl (C=O) groups is 1. The smallest absolute Gasteiger partial charge is 0.332 e. The molecule has 0 bridgehead atoms. The van der Waals surface area contributed by atoms with Crippen LogP contribution >= 0.6 is 0 Å². The zero-order chi connectivity index (χ0) is 12.3. The van der Waals surface area contributed by atoms with Crippen molar-refractivity contribution in [2.24, 2.45) is 5.92 Å². The summed E-state index contributed by atoms with van der Waals surface area (Å²) in [6.45, 7) is 3.03. The van der Waals surface area contributed by atoms with Gasteiger partial charge >= 0.3 is 5.97 Å². The van der Waals surface area contributed by atoms with E-state index in [1.54, 1.807) is 0 Å². The second kappa shape index (κ2) is 5.83. The zero-order valence-electron chi connectivity index (χ0n) is 10.5. The Morgan fingerprint density at radius 3 is 2.65 bits per heavy atom. The molecule has 0 aromatic carbocycles. The second-order valence-corrected chi connectivity index (χ2v) is 5.40. The third-order valence-corrected chi connectivity index (χ3v) is 4.16. The lowest BCUT2D eigenvalue weighted by atomic mass is 9.99. The lowest BCUT2D eigenvalue weighted by Crippen LogP contribution is -2.38. The van der Waals surface area contributed by atoms with Gasteiger partial charge in [-0.25, -0.2) is 4.79 Å². The molecule has 2 fully saturated rings. The Labute approximate surface area is 103 Å². The van der Waals surface area contributed by atoms with Crippen LogP contribution in [0.4, 0.5) is 0 Å². The van der Waals surface area contributed by atoms with E-state index in [1.165, 1.54) is 25.7 Å². The van der Waals surface area contributed by atoms with Gasteiger partial charge in [-0.3, -0.25) is 0 Å². The van der Waals surface area contributed by atoms with Gasteiger partial charge in [0.05, 0.1) is 6.10 Å². The van der Waals surface area contributed by atoms with Crippen LogP contribution in [0.2, 0.25) is 0 Å². The summed E-state index contributed by atoms with van der Waals surface area (Å²) in [7, 11) is 0. The molecular weight excluding hydrogens is 218 g/mol. The van der Waals surface area contributed by atoms with Gasteiger partial charge in [-0.05, 0) is 38.5 Å². The molecule has 2 aliphatic rings. The van der Waals surface area contributed by atoms with Gasteiger partial charge in [0.2, 0.25) is 0 Å². The number of hydrogen-bond acceptors (Lipinski definition) is 3. The van der Waals surface area contributed by atoms with E-state index < -0.39 is 12.1 Å². The van der Waals surface area contributed by atoms with Crippen molar-refractivity contribution in [1.29, 1.82) is 0 Å². The Kier molecular flexibility index (Phi) is 4.40. The highest BCUT2D eigenvalue weighted by atomic mass is 16.5. The Hall–Kier alpha value is -0.610. The highest BCUT2D eigenvalue weighted by Gasteiger charge is 2.31. The predicted octanol–water partition coefficient (Wildman–Crippen LogP) is 1.79. The molecule has 1 aliphatic heterocycles. The van der Waals surface area contributed by atoms with Crippen molar-refractivity contribution in [1.82, 2.24) is 5.32 Å². The van der Waals surface area contributed by atoms with Gasteiger partial charge in [-0.15, -0.1) is 0 Å². The summed E-state index contributed by atoms with van der Waals surface area (Å²) < 4.78 is 5.47. The maximum atomic E-state index is 10.7. The van der Waals surface area contributed by atoms with Crippen LogP contribution in [0.25, 0.3) is 0 Å². The van der Waals surface area contributed by atoms with Gasteiger partial charge < -0.3 is 15.2 Å². The largest absolute Gasteiger partial charge is 0.479 e. The molecule has 2 N–H and O–H groups in total. The standard InChI is InChI=1S/C13H23NO3/c1-9(10-4-2-3-5-10)14-8-11-6-7-12(17-11)13(15)16/h9-12,14H,2-8H2,1H3,(H,15,16). The number of aliphatic carboxylic acids is 1. The van der Waals surface area contributed by atoms with Crippen LogP contribution in [0, 0.1) is 5.92 Å². The van der Waals surface area contributed by atoms with Crippen LogP contribution in [-0.4, -0.2) is 35.9 Å². The third-order valence-electron chi connectivity index (χ3n) is 4.16. The fraction of sp³-hybridized carbons (Fsp3) is 0.923. The molecule has 0 amide bonds. The van der Waals surface area contributed by atoms with Crippen LogP contribution in [-0.2, 0) is 9.53 Å². The molecule has 0 radical (unpaired) electrons. The van der Waals surface area contributed by atoms with Gasteiger partial charge in [0, 0.05) is 12.6 Å². The van der Waals surface area contributed by atoms with Gasteiger partial charge in [-0.1, -0.05) is 12.8 Å². The molecular formula is C13H23NO3. The maximum absolute atomic E-state index is 10.7. The van der Waals surface area contributed by atoms with Crippen LogP contribution in [0.15, 0.2) is 0 Å². The average molecular weight is 241 g/mol. The minimum Gasteiger partial charge on any atom is -0.479 e. The Balaban J connectivity index is 1.66. The molecule has 0 aromatic heterocycles. The molecule has 98 valence electrons.